The molecule has 17 heavy (non-hydrogen) atoms. The summed E-state index contributed by atoms with van der Waals surface area (Å²) < 4.78 is 11.2. The van der Waals surface area contributed by atoms with E-state index in [1.54, 1.807) is 4.90 Å². The smallest absolute Gasteiger partial charge is 0.239 e. The van der Waals surface area contributed by atoms with E-state index in [-0.39, 0.29) is 11.9 Å². The zero-order valence-corrected chi connectivity index (χ0v) is 10.5. The average molecular weight is 242 g/mol. The molecule has 1 amide bonds. The molecule has 0 saturated carbocycles. The van der Waals surface area contributed by atoms with Crippen molar-refractivity contribution >= 4 is 5.91 Å². The van der Waals surface area contributed by atoms with Crippen molar-refractivity contribution < 1.29 is 14.3 Å². The predicted molar refractivity (Wildman–Crippen MR) is 63.3 cm³/mol. The van der Waals surface area contributed by atoms with Gasteiger partial charge in [0, 0.05) is 13.0 Å². The van der Waals surface area contributed by atoms with E-state index in [0.29, 0.717) is 26.3 Å². The molecule has 0 aromatic carbocycles. The minimum absolute atomic E-state index is 0.0365. The van der Waals surface area contributed by atoms with Gasteiger partial charge in [-0.25, -0.2) is 0 Å². The predicted octanol–water partition coefficient (Wildman–Crippen LogP) is 0.479. The van der Waals surface area contributed by atoms with Gasteiger partial charge in [0.05, 0.1) is 25.8 Å². The van der Waals surface area contributed by atoms with Crippen LogP contribution in [0.4, 0.5) is 0 Å². The summed E-state index contributed by atoms with van der Waals surface area (Å²) in [6.07, 6.45) is 3.59. The van der Waals surface area contributed by atoms with Gasteiger partial charge in [0.15, 0.2) is 5.79 Å². The summed E-state index contributed by atoms with van der Waals surface area (Å²) in [7, 11) is 0. The van der Waals surface area contributed by atoms with E-state index in [0.717, 1.165) is 25.7 Å². The Labute approximate surface area is 102 Å². The van der Waals surface area contributed by atoms with E-state index in [1.165, 1.54) is 0 Å². The quantitative estimate of drug-likeness (QED) is 0.778. The summed E-state index contributed by atoms with van der Waals surface area (Å²) >= 11 is 0. The maximum atomic E-state index is 12.1. The Balaban J connectivity index is 1.85. The summed E-state index contributed by atoms with van der Waals surface area (Å²) in [4.78, 5) is 13.9. The highest BCUT2D eigenvalue weighted by Crippen LogP contribution is 2.30. The number of rotatable bonds is 4. The van der Waals surface area contributed by atoms with Gasteiger partial charge in [-0.05, 0) is 6.42 Å². The molecule has 98 valence electrons. The van der Waals surface area contributed by atoms with E-state index in [9.17, 15) is 4.79 Å². The van der Waals surface area contributed by atoms with Crippen molar-refractivity contribution in [2.75, 3.05) is 26.3 Å². The molecule has 2 aliphatic heterocycles. The normalized spacial score (nSPS) is 24.5. The number of ether oxygens (including phenoxy) is 2. The molecule has 5 heteroatoms. The van der Waals surface area contributed by atoms with Gasteiger partial charge in [0.2, 0.25) is 5.91 Å². The van der Waals surface area contributed by atoms with Crippen molar-refractivity contribution in [2.24, 2.45) is 5.73 Å². The van der Waals surface area contributed by atoms with Gasteiger partial charge in [-0.1, -0.05) is 19.8 Å². The van der Waals surface area contributed by atoms with Crippen LogP contribution in [-0.4, -0.2) is 48.9 Å². The third-order valence-electron chi connectivity index (χ3n) is 3.51. The number of hydrogen-bond acceptors (Lipinski definition) is 4. The topological polar surface area (TPSA) is 64.8 Å². The van der Waals surface area contributed by atoms with Crippen LogP contribution < -0.4 is 5.73 Å². The number of carbonyl (C=O) groups is 1. The van der Waals surface area contributed by atoms with Crippen LogP contribution in [0.5, 0.6) is 0 Å². The van der Waals surface area contributed by atoms with E-state index < -0.39 is 5.79 Å². The molecule has 0 bridgehead atoms. The molecule has 1 spiro atoms. The molecule has 0 aliphatic carbocycles. The van der Waals surface area contributed by atoms with Crippen molar-refractivity contribution in [2.45, 2.75) is 44.4 Å². The van der Waals surface area contributed by atoms with Gasteiger partial charge in [0.25, 0.3) is 0 Å². The first kappa shape index (κ1) is 12.8. The maximum Gasteiger partial charge on any atom is 0.239 e. The number of nitrogens with zero attached hydrogens (tertiary/aromatic N) is 1. The van der Waals surface area contributed by atoms with Crippen LogP contribution in [0.1, 0.15) is 32.6 Å². The summed E-state index contributed by atoms with van der Waals surface area (Å²) in [6.45, 7) is 4.58. The minimum atomic E-state index is -0.528. The summed E-state index contributed by atoms with van der Waals surface area (Å²) in [5.41, 5.74) is 5.90. The van der Waals surface area contributed by atoms with Crippen LogP contribution in [-0.2, 0) is 14.3 Å². The van der Waals surface area contributed by atoms with E-state index in [4.69, 9.17) is 15.2 Å². The van der Waals surface area contributed by atoms with Gasteiger partial charge in [-0.3, -0.25) is 4.79 Å². The highest BCUT2D eigenvalue weighted by molar-refractivity contribution is 5.82. The standard InChI is InChI=1S/C12H22N2O3/c1-2-3-4-10(13)11(15)14-6-5-12(9-14)16-7-8-17-12/h10H,2-9,13H2,1H3/t10-/m0/s1. The molecule has 5 nitrogen and oxygen atoms in total. The van der Waals surface area contributed by atoms with Crippen molar-refractivity contribution in [3.05, 3.63) is 0 Å². The number of likely N-dealkylation sites (tertiary alicyclic amines) is 1. The van der Waals surface area contributed by atoms with Crippen molar-refractivity contribution in [3.63, 3.8) is 0 Å². The Hall–Kier alpha value is -0.650. The zero-order valence-electron chi connectivity index (χ0n) is 10.5. The van der Waals surface area contributed by atoms with Gasteiger partial charge >= 0.3 is 0 Å². The lowest BCUT2D eigenvalue weighted by Gasteiger charge is -2.24. The first-order valence-electron chi connectivity index (χ1n) is 6.49. The van der Waals surface area contributed by atoms with Crippen LogP contribution in [0.15, 0.2) is 0 Å². The van der Waals surface area contributed by atoms with Crippen molar-refractivity contribution in [1.82, 2.24) is 4.90 Å². The number of hydrogen-bond donors (Lipinski definition) is 1. The molecule has 2 heterocycles. The molecular weight excluding hydrogens is 220 g/mol. The second-order valence-electron chi connectivity index (χ2n) is 4.87. The highest BCUT2D eigenvalue weighted by atomic mass is 16.7. The third kappa shape index (κ3) is 2.78. The second kappa shape index (κ2) is 5.33. The molecule has 0 unspecified atom stereocenters. The Morgan fingerprint density at radius 3 is 2.82 bits per heavy atom. The number of amides is 1. The molecule has 2 fully saturated rings. The fourth-order valence-corrected chi connectivity index (χ4v) is 2.46. The lowest BCUT2D eigenvalue weighted by molar-refractivity contribution is -0.153. The minimum Gasteiger partial charge on any atom is -0.346 e. The van der Waals surface area contributed by atoms with E-state index in [1.807, 2.05) is 0 Å². The fourth-order valence-electron chi connectivity index (χ4n) is 2.46. The number of unbranched alkanes of at least 4 members (excludes halogenated alkanes) is 1. The van der Waals surface area contributed by atoms with E-state index >= 15 is 0 Å². The molecule has 2 N–H and O–H groups in total. The lowest BCUT2D eigenvalue weighted by atomic mass is 10.1. The first-order chi connectivity index (χ1) is 8.17. The van der Waals surface area contributed by atoms with Gasteiger partial charge < -0.3 is 20.1 Å². The molecular formula is C12H22N2O3. The van der Waals surface area contributed by atoms with Crippen molar-refractivity contribution in [1.29, 1.82) is 0 Å². The van der Waals surface area contributed by atoms with Crippen LogP contribution in [0.3, 0.4) is 0 Å². The number of carbonyl (C=O) groups excluding carboxylic acids is 1. The van der Waals surface area contributed by atoms with Crippen LogP contribution >= 0.6 is 0 Å². The Kier molecular flexibility index (Phi) is 4.01. The second-order valence-corrected chi connectivity index (χ2v) is 4.87. The summed E-state index contributed by atoms with van der Waals surface area (Å²) in [5, 5.41) is 0. The van der Waals surface area contributed by atoms with Gasteiger partial charge in [-0.15, -0.1) is 0 Å². The van der Waals surface area contributed by atoms with Crippen LogP contribution in [0.25, 0.3) is 0 Å². The SMILES string of the molecule is CCCC[C@H](N)C(=O)N1CCC2(C1)OCCO2. The molecule has 0 aromatic rings. The molecule has 0 radical (unpaired) electrons. The largest absolute Gasteiger partial charge is 0.346 e. The molecule has 2 rings (SSSR count). The highest BCUT2D eigenvalue weighted by Gasteiger charge is 2.45. The van der Waals surface area contributed by atoms with Crippen LogP contribution in [0.2, 0.25) is 0 Å². The zero-order chi connectivity index (χ0) is 12.3. The summed E-state index contributed by atoms with van der Waals surface area (Å²) in [5.74, 6) is -0.491. The van der Waals surface area contributed by atoms with Crippen molar-refractivity contribution in [3.8, 4) is 0 Å². The molecule has 0 aromatic heterocycles. The fraction of sp³-hybridized carbons (Fsp3) is 0.917. The van der Waals surface area contributed by atoms with Crippen LogP contribution in [0, 0.1) is 0 Å². The molecule has 2 aliphatic rings. The maximum absolute atomic E-state index is 12.1. The van der Waals surface area contributed by atoms with Gasteiger partial charge in [0.1, 0.15) is 0 Å². The number of nitrogens with two attached hydrogens (primary N) is 1. The first-order valence-corrected chi connectivity index (χ1v) is 6.49. The average Bonchev–Trinajstić information content (AvgIpc) is 2.96. The Bertz CT molecular complexity index is 277. The third-order valence-corrected chi connectivity index (χ3v) is 3.51. The molecule has 2 saturated heterocycles. The monoisotopic (exact) mass is 242 g/mol. The lowest BCUT2D eigenvalue weighted by Crippen LogP contribution is -2.44. The summed E-state index contributed by atoms with van der Waals surface area (Å²) in [6, 6.07) is -0.369. The van der Waals surface area contributed by atoms with Gasteiger partial charge in [-0.2, -0.15) is 0 Å². The molecule has 1 atom stereocenters. The Morgan fingerprint density at radius 1 is 1.47 bits per heavy atom. The Morgan fingerprint density at radius 2 is 2.18 bits per heavy atom. The van der Waals surface area contributed by atoms with E-state index in [2.05, 4.69) is 6.92 Å².